The smallest absolute Gasteiger partial charge is 0.321 e. The molecule has 1 fully saturated rings. The number of carbonyl (C=O) groups is 2. The lowest BCUT2D eigenvalue weighted by Crippen LogP contribution is -2.46. The van der Waals surface area contributed by atoms with Gasteiger partial charge in [0.15, 0.2) is 0 Å². The second kappa shape index (κ2) is 4.71. The number of rotatable bonds is 2. The maximum Gasteiger partial charge on any atom is 0.321 e. The summed E-state index contributed by atoms with van der Waals surface area (Å²) < 4.78 is 0. The molecule has 3 amide bonds. The van der Waals surface area contributed by atoms with Gasteiger partial charge in [-0.2, -0.15) is 0 Å². The summed E-state index contributed by atoms with van der Waals surface area (Å²) in [5.41, 5.74) is 0. The molecule has 1 aliphatic heterocycles. The third kappa shape index (κ3) is 2.87. The van der Waals surface area contributed by atoms with Crippen molar-refractivity contribution in [3.63, 3.8) is 0 Å². The number of carbonyl (C=O) groups excluding carboxylic acids is 2. The normalized spacial score (nSPS) is 18.3. The second-order valence-corrected chi connectivity index (χ2v) is 2.76. The van der Waals surface area contributed by atoms with Crippen LogP contribution in [0.15, 0.2) is 0 Å². The van der Waals surface area contributed by atoms with E-state index in [9.17, 15) is 9.59 Å². The number of amides is 3. The fraction of sp³-hybridized carbons (Fsp3) is 0.714. The summed E-state index contributed by atoms with van der Waals surface area (Å²) in [6, 6.07) is -0.205. The molecule has 5 heteroatoms. The fourth-order valence-corrected chi connectivity index (χ4v) is 1.25. The van der Waals surface area contributed by atoms with Crippen LogP contribution in [0.2, 0.25) is 0 Å². The molecule has 0 radical (unpaired) electrons. The Kier molecular flexibility index (Phi) is 3.53. The number of hydrogen-bond acceptors (Lipinski definition) is 3. The molecular weight excluding hydrogens is 158 g/mol. The lowest BCUT2D eigenvalue weighted by molar-refractivity contribution is -0.108. The van der Waals surface area contributed by atoms with Crippen molar-refractivity contribution in [2.45, 2.75) is 18.9 Å². The van der Waals surface area contributed by atoms with E-state index in [0.29, 0.717) is 6.41 Å². The van der Waals surface area contributed by atoms with Crippen LogP contribution in [0.3, 0.4) is 0 Å². The highest BCUT2D eigenvalue weighted by Gasteiger charge is 2.14. The summed E-state index contributed by atoms with van der Waals surface area (Å²) in [7, 11) is 0. The zero-order valence-electron chi connectivity index (χ0n) is 6.80. The van der Waals surface area contributed by atoms with Gasteiger partial charge in [0.25, 0.3) is 0 Å². The highest BCUT2D eigenvalue weighted by Crippen LogP contribution is 2.00. The lowest BCUT2D eigenvalue weighted by Gasteiger charge is -2.23. The maximum atomic E-state index is 10.8. The molecule has 0 aliphatic carbocycles. The summed E-state index contributed by atoms with van der Waals surface area (Å²) >= 11 is 0. The highest BCUT2D eigenvalue weighted by molar-refractivity contribution is 5.84. The van der Waals surface area contributed by atoms with E-state index >= 15 is 0 Å². The quantitative estimate of drug-likeness (QED) is 0.476. The van der Waals surface area contributed by atoms with E-state index < -0.39 is 6.03 Å². The number of hydrogen-bond donors (Lipinski definition) is 3. The van der Waals surface area contributed by atoms with Gasteiger partial charge in [0.1, 0.15) is 0 Å². The molecule has 0 aromatic heterocycles. The molecule has 1 saturated heterocycles. The van der Waals surface area contributed by atoms with Gasteiger partial charge in [-0.05, 0) is 25.9 Å². The van der Waals surface area contributed by atoms with Gasteiger partial charge in [-0.15, -0.1) is 0 Å². The Morgan fingerprint density at radius 1 is 1.42 bits per heavy atom. The van der Waals surface area contributed by atoms with E-state index in [4.69, 9.17) is 0 Å². The van der Waals surface area contributed by atoms with Crippen LogP contribution in [0.4, 0.5) is 4.79 Å². The molecule has 0 spiro atoms. The van der Waals surface area contributed by atoms with Gasteiger partial charge in [-0.1, -0.05) is 0 Å². The average Bonchev–Trinajstić information content (AvgIpc) is 2.06. The monoisotopic (exact) mass is 171 g/mol. The molecule has 0 unspecified atom stereocenters. The van der Waals surface area contributed by atoms with Crippen LogP contribution in [0.1, 0.15) is 12.8 Å². The van der Waals surface area contributed by atoms with Crippen molar-refractivity contribution < 1.29 is 9.59 Å². The molecule has 1 heterocycles. The summed E-state index contributed by atoms with van der Waals surface area (Å²) in [5.74, 6) is 0. The zero-order valence-corrected chi connectivity index (χ0v) is 6.80. The second-order valence-electron chi connectivity index (χ2n) is 2.76. The maximum absolute atomic E-state index is 10.8. The first-order valence-corrected chi connectivity index (χ1v) is 4.04. The van der Waals surface area contributed by atoms with Crippen molar-refractivity contribution in [2.75, 3.05) is 13.1 Å². The number of urea groups is 1. The largest absolute Gasteiger partial charge is 0.335 e. The summed E-state index contributed by atoms with van der Waals surface area (Å²) in [6.45, 7) is 1.85. The topological polar surface area (TPSA) is 70.2 Å². The van der Waals surface area contributed by atoms with Gasteiger partial charge in [-0.25, -0.2) is 4.79 Å². The van der Waals surface area contributed by atoms with E-state index in [1.165, 1.54) is 0 Å². The first kappa shape index (κ1) is 8.99. The molecule has 1 rings (SSSR count). The standard InChI is InChI=1S/C7H13N3O2/c11-5-9-7(12)10-6-1-3-8-4-2-6/h5-6,8H,1-4H2,(H2,9,10,11,12). The van der Waals surface area contributed by atoms with Crippen molar-refractivity contribution in [3.8, 4) is 0 Å². The molecule has 5 nitrogen and oxygen atoms in total. The van der Waals surface area contributed by atoms with E-state index in [-0.39, 0.29) is 6.04 Å². The zero-order chi connectivity index (χ0) is 8.81. The van der Waals surface area contributed by atoms with Crippen molar-refractivity contribution in [1.82, 2.24) is 16.0 Å². The predicted molar refractivity (Wildman–Crippen MR) is 43.6 cm³/mol. The first-order chi connectivity index (χ1) is 5.83. The van der Waals surface area contributed by atoms with Crippen molar-refractivity contribution in [3.05, 3.63) is 0 Å². The minimum absolute atomic E-state index is 0.200. The molecule has 0 saturated carbocycles. The average molecular weight is 171 g/mol. The molecule has 3 N–H and O–H groups in total. The van der Waals surface area contributed by atoms with Gasteiger partial charge in [0.2, 0.25) is 6.41 Å². The molecular formula is C7H13N3O2. The van der Waals surface area contributed by atoms with Gasteiger partial charge < -0.3 is 10.6 Å². The molecule has 0 atom stereocenters. The van der Waals surface area contributed by atoms with Crippen molar-refractivity contribution >= 4 is 12.4 Å². The van der Waals surface area contributed by atoms with Crippen LogP contribution in [-0.2, 0) is 4.79 Å². The SMILES string of the molecule is O=CNC(=O)NC1CCNCC1. The fourth-order valence-electron chi connectivity index (χ4n) is 1.25. The van der Waals surface area contributed by atoms with Crippen LogP contribution in [0.5, 0.6) is 0 Å². The first-order valence-electron chi connectivity index (χ1n) is 4.04. The lowest BCUT2D eigenvalue weighted by atomic mass is 10.1. The Balaban J connectivity index is 2.19. The Hall–Kier alpha value is -1.10. The van der Waals surface area contributed by atoms with Gasteiger partial charge >= 0.3 is 6.03 Å². The van der Waals surface area contributed by atoms with Crippen LogP contribution < -0.4 is 16.0 Å². The van der Waals surface area contributed by atoms with Crippen LogP contribution >= 0.6 is 0 Å². The van der Waals surface area contributed by atoms with Gasteiger partial charge in [-0.3, -0.25) is 10.1 Å². The summed E-state index contributed by atoms with van der Waals surface area (Å²) in [5, 5.41) is 7.92. The Morgan fingerprint density at radius 3 is 2.67 bits per heavy atom. The Labute approximate surface area is 70.9 Å². The van der Waals surface area contributed by atoms with E-state index in [2.05, 4.69) is 10.6 Å². The van der Waals surface area contributed by atoms with Gasteiger partial charge in [0, 0.05) is 6.04 Å². The summed E-state index contributed by atoms with van der Waals surface area (Å²) in [4.78, 5) is 20.7. The third-order valence-corrected chi connectivity index (χ3v) is 1.86. The van der Waals surface area contributed by atoms with Crippen molar-refractivity contribution in [2.24, 2.45) is 0 Å². The molecule has 68 valence electrons. The minimum atomic E-state index is -0.406. The molecule has 1 aliphatic rings. The third-order valence-electron chi connectivity index (χ3n) is 1.86. The van der Waals surface area contributed by atoms with E-state index in [0.717, 1.165) is 25.9 Å². The predicted octanol–water partition coefficient (Wildman–Crippen LogP) is -0.806. The Bertz CT molecular complexity index is 166. The number of piperidine rings is 1. The van der Waals surface area contributed by atoms with E-state index in [1.54, 1.807) is 0 Å². The van der Waals surface area contributed by atoms with Crippen LogP contribution in [0, 0.1) is 0 Å². The minimum Gasteiger partial charge on any atom is -0.335 e. The molecule has 0 aromatic carbocycles. The van der Waals surface area contributed by atoms with E-state index in [1.807, 2.05) is 5.32 Å². The van der Waals surface area contributed by atoms with Crippen LogP contribution in [0.25, 0.3) is 0 Å². The highest BCUT2D eigenvalue weighted by atomic mass is 16.2. The summed E-state index contributed by atoms with van der Waals surface area (Å²) in [6.07, 6.45) is 2.23. The number of imide groups is 1. The van der Waals surface area contributed by atoms with Crippen molar-refractivity contribution in [1.29, 1.82) is 0 Å². The van der Waals surface area contributed by atoms with Crippen LogP contribution in [-0.4, -0.2) is 31.6 Å². The van der Waals surface area contributed by atoms with Gasteiger partial charge in [0.05, 0.1) is 0 Å². The molecule has 0 bridgehead atoms. The Morgan fingerprint density at radius 2 is 2.08 bits per heavy atom. The molecule has 0 aromatic rings. The number of nitrogens with one attached hydrogen (secondary N) is 3. The molecule has 12 heavy (non-hydrogen) atoms.